The number of unbranched alkanes of at least 4 members (excludes halogenated alkanes) is 2. The van der Waals surface area contributed by atoms with Crippen LogP contribution in [0.15, 0.2) is 65.2 Å². The number of nitrogens with two attached hydrogens (primary N) is 1. The fourth-order valence-corrected chi connectivity index (χ4v) is 6.43. The maximum atomic E-state index is 13.0. The van der Waals surface area contributed by atoms with Crippen LogP contribution in [0.5, 0.6) is 0 Å². The average molecular weight is 505 g/mol. The van der Waals surface area contributed by atoms with Crippen molar-refractivity contribution in [1.29, 1.82) is 0 Å². The van der Waals surface area contributed by atoms with E-state index in [1.165, 1.54) is 0 Å². The second kappa shape index (κ2) is 10.4. The number of aryl methyl sites for hydroxylation is 2. The third-order valence-corrected chi connectivity index (χ3v) is 8.51. The molecule has 0 amide bonds. The van der Waals surface area contributed by atoms with Crippen LogP contribution < -0.4 is 10.5 Å². The lowest BCUT2D eigenvalue weighted by molar-refractivity contribution is 0.551. The topological polar surface area (TPSA) is 115 Å². The molecule has 1 aliphatic heterocycles. The Morgan fingerprint density at radius 1 is 1.11 bits per heavy atom. The summed E-state index contributed by atoms with van der Waals surface area (Å²) < 4.78 is 31.1. The first-order valence-corrected chi connectivity index (χ1v) is 14.1. The van der Waals surface area contributed by atoms with Crippen molar-refractivity contribution in [2.75, 3.05) is 12.3 Å². The number of para-hydroxylation sites is 1. The molecule has 2 aliphatic rings. The van der Waals surface area contributed by atoms with Gasteiger partial charge in [0.2, 0.25) is 10.0 Å². The predicted molar refractivity (Wildman–Crippen MR) is 147 cm³/mol. The van der Waals surface area contributed by atoms with E-state index >= 15 is 0 Å². The number of imidazole rings is 1. The van der Waals surface area contributed by atoms with Crippen LogP contribution in [0.2, 0.25) is 0 Å². The summed E-state index contributed by atoms with van der Waals surface area (Å²) in [5.41, 5.74) is 9.82. The molecule has 1 aliphatic carbocycles. The summed E-state index contributed by atoms with van der Waals surface area (Å²) in [6.45, 7) is 3.28. The van der Waals surface area contributed by atoms with Crippen LogP contribution in [0, 0.1) is 0 Å². The van der Waals surface area contributed by atoms with Gasteiger partial charge in [0.1, 0.15) is 16.6 Å². The van der Waals surface area contributed by atoms with Crippen molar-refractivity contribution in [2.45, 2.75) is 56.9 Å². The molecule has 2 unspecified atom stereocenters. The molecule has 0 spiro atoms. The van der Waals surface area contributed by atoms with Crippen molar-refractivity contribution in [3.8, 4) is 0 Å². The number of anilines is 1. The summed E-state index contributed by atoms with van der Waals surface area (Å²) in [5, 5.41) is 0.339. The van der Waals surface area contributed by atoms with Gasteiger partial charge in [-0.25, -0.2) is 23.1 Å². The summed E-state index contributed by atoms with van der Waals surface area (Å²) in [4.78, 5) is 13.8. The number of aliphatic imine (C=N–C) groups is 1. The second-order valence-corrected chi connectivity index (χ2v) is 11.2. The van der Waals surface area contributed by atoms with Crippen LogP contribution in [-0.4, -0.2) is 47.0 Å². The van der Waals surface area contributed by atoms with Gasteiger partial charge in [0, 0.05) is 31.1 Å². The quantitative estimate of drug-likeness (QED) is 0.404. The lowest BCUT2D eigenvalue weighted by Gasteiger charge is -2.26. The monoisotopic (exact) mass is 504 g/mol. The zero-order valence-corrected chi connectivity index (χ0v) is 21.3. The van der Waals surface area contributed by atoms with Gasteiger partial charge >= 0.3 is 0 Å². The zero-order chi connectivity index (χ0) is 25.1. The molecular weight excluding hydrogens is 472 g/mol. The molecule has 36 heavy (non-hydrogen) atoms. The Labute approximate surface area is 211 Å². The number of nitrogens with one attached hydrogen (secondary N) is 1. The van der Waals surface area contributed by atoms with E-state index in [0.717, 1.165) is 65.6 Å². The van der Waals surface area contributed by atoms with Crippen LogP contribution in [0.3, 0.4) is 0 Å². The van der Waals surface area contributed by atoms with Crippen molar-refractivity contribution in [2.24, 2.45) is 4.99 Å². The van der Waals surface area contributed by atoms with E-state index in [2.05, 4.69) is 32.3 Å². The van der Waals surface area contributed by atoms with E-state index in [1.807, 2.05) is 36.4 Å². The number of hydrogen-bond acceptors (Lipinski definition) is 6. The smallest absolute Gasteiger partial charge is 0.220 e. The third-order valence-electron chi connectivity index (χ3n) is 6.78. The van der Waals surface area contributed by atoms with Gasteiger partial charge in [-0.2, -0.15) is 0 Å². The number of sulfonamides is 1. The van der Waals surface area contributed by atoms with E-state index in [9.17, 15) is 8.42 Å². The van der Waals surface area contributed by atoms with E-state index in [1.54, 1.807) is 18.4 Å². The summed E-state index contributed by atoms with van der Waals surface area (Å²) >= 11 is 0. The Balaban J connectivity index is 1.29. The lowest BCUT2D eigenvalue weighted by atomic mass is 9.97. The number of hydrogen-bond donors (Lipinski definition) is 2. The Morgan fingerprint density at radius 2 is 1.97 bits per heavy atom. The van der Waals surface area contributed by atoms with Crippen LogP contribution in [0.1, 0.15) is 38.4 Å². The van der Waals surface area contributed by atoms with Crippen LogP contribution >= 0.6 is 0 Å². The minimum absolute atomic E-state index is 0.374. The highest BCUT2D eigenvalue weighted by Crippen LogP contribution is 2.30. The number of nitrogens with zero attached hydrogens (tertiary/aromatic N) is 4. The number of allylic oxidation sites excluding steroid dienone is 3. The maximum absolute atomic E-state index is 13.0. The number of fused-ring (bicyclic) bond motifs is 4. The maximum Gasteiger partial charge on any atom is 0.220 e. The highest BCUT2D eigenvalue weighted by Gasteiger charge is 2.34. The Kier molecular flexibility index (Phi) is 7.02. The third kappa shape index (κ3) is 4.73. The summed E-state index contributed by atoms with van der Waals surface area (Å²) in [7, 11) is -3.55. The Morgan fingerprint density at radius 3 is 2.83 bits per heavy atom. The number of benzene rings is 1. The van der Waals surface area contributed by atoms with Crippen LogP contribution in [-0.2, 0) is 23.0 Å². The van der Waals surface area contributed by atoms with Crippen molar-refractivity contribution in [3.05, 3.63) is 66.0 Å². The van der Waals surface area contributed by atoms with E-state index in [-0.39, 0.29) is 6.04 Å². The zero-order valence-electron chi connectivity index (χ0n) is 20.5. The molecule has 9 heteroatoms. The first kappa shape index (κ1) is 24.4. The summed E-state index contributed by atoms with van der Waals surface area (Å²) in [6.07, 6.45) is 15.3. The molecule has 0 radical (unpaired) electrons. The minimum atomic E-state index is -3.55. The molecule has 3 heterocycles. The van der Waals surface area contributed by atoms with Gasteiger partial charge < -0.3 is 10.3 Å². The van der Waals surface area contributed by atoms with Gasteiger partial charge in [-0.3, -0.25) is 4.99 Å². The predicted octanol–water partition coefficient (Wildman–Crippen LogP) is 4.08. The van der Waals surface area contributed by atoms with Crippen molar-refractivity contribution < 1.29 is 8.42 Å². The minimum Gasteiger partial charge on any atom is -0.382 e. The Hall–Kier alpha value is -3.30. The Bertz CT molecular complexity index is 1500. The summed E-state index contributed by atoms with van der Waals surface area (Å²) in [6, 6.07) is 7.60. The molecule has 3 aromatic rings. The summed E-state index contributed by atoms with van der Waals surface area (Å²) in [5.74, 6) is 1.45. The highest BCUT2D eigenvalue weighted by molar-refractivity contribution is 7.90. The first-order valence-electron chi connectivity index (χ1n) is 12.6. The molecule has 0 fully saturated rings. The van der Waals surface area contributed by atoms with Crippen LogP contribution in [0.25, 0.3) is 21.9 Å². The van der Waals surface area contributed by atoms with Crippen molar-refractivity contribution >= 4 is 44.0 Å². The van der Waals surface area contributed by atoms with Crippen molar-refractivity contribution in [1.82, 2.24) is 19.3 Å². The number of pyridine rings is 1. The van der Waals surface area contributed by atoms with Gasteiger partial charge in [-0.1, -0.05) is 55.8 Å². The average Bonchev–Trinajstić information content (AvgIpc) is 3.26. The lowest BCUT2D eigenvalue weighted by Crippen LogP contribution is -2.42. The molecule has 0 saturated heterocycles. The SMILES string of the molecule is CCCCc1nc2c(N)nc3ccccc3c2n1CCCCNS(=O)(=O)C1C=CC=C2C=CC=NC21. The van der Waals surface area contributed by atoms with E-state index < -0.39 is 15.3 Å². The molecule has 5 rings (SSSR count). The molecule has 2 aromatic heterocycles. The van der Waals surface area contributed by atoms with E-state index in [0.29, 0.717) is 18.8 Å². The van der Waals surface area contributed by atoms with E-state index in [4.69, 9.17) is 10.7 Å². The molecule has 3 N–H and O–H groups in total. The number of nitrogen functional groups attached to an aromatic ring is 1. The normalized spacial score (nSPS) is 19.2. The van der Waals surface area contributed by atoms with Gasteiger partial charge in [0.05, 0.1) is 17.1 Å². The van der Waals surface area contributed by atoms with Gasteiger partial charge in [-0.05, 0) is 37.0 Å². The molecule has 2 atom stereocenters. The fraction of sp³-hybridized carbons (Fsp3) is 0.370. The van der Waals surface area contributed by atoms with Gasteiger partial charge in [0.15, 0.2) is 5.82 Å². The second-order valence-electron chi connectivity index (χ2n) is 9.26. The molecule has 1 aromatic carbocycles. The molecule has 8 nitrogen and oxygen atoms in total. The first-order chi connectivity index (χ1) is 17.5. The standard InChI is InChI=1S/C27H32N6O2S/c1-2-3-15-23-32-25-26(20-12-4-5-13-21(20)31-27(25)28)33(23)18-7-6-17-30-36(34,35)22-14-8-10-19-11-9-16-29-24(19)22/h4-5,8-14,16,22,24,30H,2-3,6-7,15,17-18H2,1H3,(H2,28,31). The molecular formula is C27H32N6O2S. The number of dihydropyridines is 1. The highest BCUT2D eigenvalue weighted by atomic mass is 32.2. The van der Waals surface area contributed by atoms with Gasteiger partial charge in [0.25, 0.3) is 0 Å². The fourth-order valence-electron chi connectivity index (χ4n) is 4.94. The largest absolute Gasteiger partial charge is 0.382 e. The van der Waals surface area contributed by atoms with Crippen molar-refractivity contribution in [3.63, 3.8) is 0 Å². The van der Waals surface area contributed by atoms with Gasteiger partial charge in [-0.15, -0.1) is 0 Å². The molecule has 0 bridgehead atoms. The number of aromatic nitrogens is 3. The van der Waals surface area contributed by atoms with Crippen LogP contribution in [0.4, 0.5) is 5.82 Å². The molecule has 0 saturated carbocycles. The molecule has 188 valence electrons. The number of rotatable bonds is 10.